The van der Waals surface area contributed by atoms with Crippen LogP contribution < -0.4 is 4.74 Å². The van der Waals surface area contributed by atoms with E-state index in [2.05, 4.69) is 0 Å². The summed E-state index contributed by atoms with van der Waals surface area (Å²) in [6.07, 6.45) is 2.28. The van der Waals surface area contributed by atoms with Crippen LogP contribution in [0.4, 0.5) is 0 Å². The quantitative estimate of drug-likeness (QED) is 0.738. The van der Waals surface area contributed by atoms with E-state index in [1.54, 1.807) is 12.1 Å². The van der Waals surface area contributed by atoms with Gasteiger partial charge in [0, 0.05) is 26.6 Å². The molecule has 5 heteroatoms. The minimum absolute atomic E-state index is 0.112. The largest absolute Gasteiger partial charge is 0.504 e. The normalized spacial score (nSPS) is 11.2. The summed E-state index contributed by atoms with van der Waals surface area (Å²) in [5, 5.41) is 9.51. The number of hydrogen-bond donors (Lipinski definition) is 1. The molecule has 1 aromatic carbocycles. The molecule has 0 aliphatic rings. The summed E-state index contributed by atoms with van der Waals surface area (Å²) in [6.45, 7) is 9.13. The zero-order chi connectivity index (χ0) is 17.7. The zero-order valence-electron chi connectivity index (χ0n) is 14.9. The van der Waals surface area contributed by atoms with Gasteiger partial charge in [-0.05, 0) is 38.0 Å². The van der Waals surface area contributed by atoms with Gasteiger partial charge in [0.1, 0.15) is 6.10 Å². The number of rotatable bonds is 8. The number of carbonyl (C=O) groups excluding carboxylic acids is 1. The minimum Gasteiger partial charge on any atom is -0.504 e. The monoisotopic (exact) mass is 326 g/mol. The molecule has 1 atom stereocenters. The molecule has 0 aliphatic carbocycles. The topological polar surface area (TPSA) is 65.0 Å². The second-order valence-corrected chi connectivity index (χ2v) is 5.01. The van der Waals surface area contributed by atoms with Gasteiger partial charge < -0.3 is 19.3 Å². The average Bonchev–Trinajstić information content (AvgIpc) is 2.50. The van der Waals surface area contributed by atoms with Gasteiger partial charge in [-0.25, -0.2) is 0 Å². The summed E-state index contributed by atoms with van der Waals surface area (Å²) in [4.78, 5) is 11.0. The van der Waals surface area contributed by atoms with Crippen molar-refractivity contribution in [2.45, 2.75) is 53.1 Å². The molecule has 0 aliphatic heterocycles. The van der Waals surface area contributed by atoms with Crippen LogP contribution in [0.5, 0.6) is 11.5 Å². The lowest BCUT2D eigenvalue weighted by Gasteiger charge is -2.16. The molecule has 0 radical (unpaired) electrons. The Hall–Kier alpha value is -1.75. The number of benzene rings is 1. The number of phenolic OH excluding ortho intramolecular Hbond substituents is 1. The summed E-state index contributed by atoms with van der Waals surface area (Å²) in [5.41, 5.74) is 0.976. The van der Waals surface area contributed by atoms with E-state index in [1.807, 2.05) is 26.8 Å². The number of ether oxygens (including phenoxy) is 3. The molecule has 132 valence electrons. The maximum atomic E-state index is 11.0. The van der Waals surface area contributed by atoms with Crippen LogP contribution >= 0.6 is 0 Å². The fourth-order valence-corrected chi connectivity index (χ4v) is 2.08. The molecule has 1 rings (SSSR count). The van der Waals surface area contributed by atoms with Crippen molar-refractivity contribution in [3.8, 4) is 11.5 Å². The second-order valence-electron chi connectivity index (χ2n) is 5.01. The fraction of sp³-hybridized carbons (Fsp3) is 0.611. The van der Waals surface area contributed by atoms with E-state index in [9.17, 15) is 9.90 Å². The lowest BCUT2D eigenvalue weighted by atomic mass is 10.0. The second kappa shape index (κ2) is 12.8. The molecule has 23 heavy (non-hydrogen) atoms. The smallest absolute Gasteiger partial charge is 0.302 e. The van der Waals surface area contributed by atoms with E-state index in [-0.39, 0.29) is 17.8 Å². The molecule has 0 amide bonds. The van der Waals surface area contributed by atoms with Gasteiger partial charge in [0.05, 0.1) is 7.11 Å². The van der Waals surface area contributed by atoms with Gasteiger partial charge >= 0.3 is 5.97 Å². The highest BCUT2D eigenvalue weighted by atomic mass is 16.5. The lowest BCUT2D eigenvalue weighted by Crippen LogP contribution is -2.18. The van der Waals surface area contributed by atoms with Gasteiger partial charge in [-0.2, -0.15) is 0 Å². The van der Waals surface area contributed by atoms with Gasteiger partial charge in [0.15, 0.2) is 11.5 Å². The van der Waals surface area contributed by atoms with Crippen LogP contribution in [0.25, 0.3) is 0 Å². The van der Waals surface area contributed by atoms with Gasteiger partial charge in [-0.15, -0.1) is 0 Å². The van der Waals surface area contributed by atoms with E-state index < -0.39 is 0 Å². The molecule has 0 bridgehead atoms. The van der Waals surface area contributed by atoms with Crippen LogP contribution in [0, 0.1) is 0 Å². The highest BCUT2D eigenvalue weighted by Gasteiger charge is 2.13. The molecule has 1 unspecified atom stereocenters. The Kier molecular flexibility index (Phi) is 11.8. The maximum Gasteiger partial charge on any atom is 0.302 e. The predicted molar refractivity (Wildman–Crippen MR) is 91.0 cm³/mol. The molecule has 1 aromatic rings. The van der Waals surface area contributed by atoms with Crippen LogP contribution in [0.2, 0.25) is 0 Å². The first-order valence-corrected chi connectivity index (χ1v) is 8.09. The van der Waals surface area contributed by atoms with Crippen molar-refractivity contribution >= 4 is 5.97 Å². The van der Waals surface area contributed by atoms with E-state index >= 15 is 0 Å². The van der Waals surface area contributed by atoms with Crippen molar-refractivity contribution in [2.75, 3.05) is 20.3 Å². The fourth-order valence-electron chi connectivity index (χ4n) is 2.08. The summed E-state index contributed by atoms with van der Waals surface area (Å²) >= 11 is 0. The number of hydrogen-bond acceptors (Lipinski definition) is 5. The van der Waals surface area contributed by atoms with Crippen molar-refractivity contribution in [3.63, 3.8) is 0 Å². The minimum atomic E-state index is -0.265. The molecule has 0 spiro atoms. The van der Waals surface area contributed by atoms with Crippen molar-refractivity contribution in [2.24, 2.45) is 0 Å². The first-order chi connectivity index (χ1) is 11.0. The molecular weight excluding hydrogens is 296 g/mol. The standard InChI is InChI=1S/C14H20O4.C4H10O/c1-4-5-12(18-10(2)15)8-11-6-7-13(16)14(9-11)17-3;1-3-5-4-2/h6-7,9,12,16H,4-5,8H2,1-3H3;3-4H2,1-2H3. The third kappa shape index (κ3) is 9.79. The molecule has 0 heterocycles. The van der Waals surface area contributed by atoms with Crippen LogP contribution in [-0.4, -0.2) is 37.5 Å². The van der Waals surface area contributed by atoms with Crippen LogP contribution in [0.1, 0.15) is 46.1 Å². The molecule has 5 nitrogen and oxygen atoms in total. The molecule has 0 fully saturated rings. The van der Waals surface area contributed by atoms with Crippen molar-refractivity contribution in [1.82, 2.24) is 0 Å². The van der Waals surface area contributed by atoms with Crippen molar-refractivity contribution < 1.29 is 24.1 Å². The average molecular weight is 326 g/mol. The SMILES string of the molecule is CCCC(Cc1ccc(O)c(OC)c1)OC(C)=O.CCOCC. The summed E-state index contributed by atoms with van der Waals surface area (Å²) in [6, 6.07) is 5.16. The third-order valence-electron chi connectivity index (χ3n) is 3.06. The first-order valence-electron chi connectivity index (χ1n) is 8.09. The predicted octanol–water partition coefficient (Wildman–Crippen LogP) is 3.72. The van der Waals surface area contributed by atoms with Gasteiger partial charge in [0.25, 0.3) is 0 Å². The summed E-state index contributed by atoms with van der Waals surface area (Å²) in [7, 11) is 1.51. The van der Waals surface area contributed by atoms with E-state index in [0.29, 0.717) is 12.2 Å². The highest BCUT2D eigenvalue weighted by Crippen LogP contribution is 2.27. The van der Waals surface area contributed by atoms with E-state index in [0.717, 1.165) is 31.6 Å². The Morgan fingerprint density at radius 2 is 1.87 bits per heavy atom. The molecule has 0 aromatic heterocycles. The Balaban J connectivity index is 0.000000841. The van der Waals surface area contributed by atoms with Crippen molar-refractivity contribution in [1.29, 1.82) is 0 Å². The summed E-state index contributed by atoms with van der Waals surface area (Å²) < 4.78 is 15.1. The Morgan fingerprint density at radius 1 is 1.22 bits per heavy atom. The van der Waals surface area contributed by atoms with Gasteiger partial charge in [-0.3, -0.25) is 4.79 Å². The van der Waals surface area contributed by atoms with Crippen LogP contribution in [-0.2, 0) is 20.7 Å². The number of esters is 1. The molecule has 1 N–H and O–H groups in total. The Morgan fingerprint density at radius 3 is 2.30 bits per heavy atom. The van der Waals surface area contributed by atoms with E-state index in [1.165, 1.54) is 14.0 Å². The van der Waals surface area contributed by atoms with Crippen LogP contribution in [0.15, 0.2) is 18.2 Å². The molecule has 0 saturated heterocycles. The Bertz CT molecular complexity index is 443. The van der Waals surface area contributed by atoms with Gasteiger partial charge in [-0.1, -0.05) is 19.4 Å². The maximum absolute atomic E-state index is 11.0. The molecule has 0 saturated carbocycles. The molecular formula is C18H30O5. The third-order valence-corrected chi connectivity index (χ3v) is 3.06. The van der Waals surface area contributed by atoms with Crippen molar-refractivity contribution in [3.05, 3.63) is 23.8 Å². The number of aromatic hydroxyl groups is 1. The van der Waals surface area contributed by atoms with Gasteiger partial charge in [0.2, 0.25) is 0 Å². The summed E-state index contributed by atoms with van der Waals surface area (Å²) in [5.74, 6) is 0.283. The van der Waals surface area contributed by atoms with Crippen LogP contribution in [0.3, 0.4) is 0 Å². The first kappa shape index (κ1) is 21.2. The highest BCUT2D eigenvalue weighted by molar-refractivity contribution is 5.66. The zero-order valence-corrected chi connectivity index (χ0v) is 14.9. The number of methoxy groups -OCH3 is 1. The lowest BCUT2D eigenvalue weighted by molar-refractivity contribution is -0.146. The number of phenols is 1. The number of carbonyl (C=O) groups is 1. The van der Waals surface area contributed by atoms with E-state index in [4.69, 9.17) is 14.2 Å². The Labute approximate surface area is 139 Å².